The quantitative estimate of drug-likeness (QED) is 0.797. The van der Waals surface area contributed by atoms with Crippen LogP contribution in [0, 0.1) is 5.92 Å². The second kappa shape index (κ2) is 6.19. The van der Waals surface area contributed by atoms with E-state index in [-0.39, 0.29) is 17.8 Å². The number of anilines is 1. The Morgan fingerprint density at radius 3 is 2.52 bits per heavy atom. The largest absolute Gasteiger partial charge is 0.433 e. The van der Waals surface area contributed by atoms with Crippen molar-refractivity contribution in [3.05, 3.63) is 39.4 Å². The predicted molar refractivity (Wildman–Crippen MR) is 77.6 cm³/mol. The number of nitrogens with one attached hydrogen (secondary N) is 1. The Bertz CT molecular complexity index is 599. The summed E-state index contributed by atoms with van der Waals surface area (Å²) >= 11 is 7.12. The average Bonchev–Trinajstić information content (AvgIpc) is 2.87. The summed E-state index contributed by atoms with van der Waals surface area (Å²) in [4.78, 5) is 8.06. The van der Waals surface area contributed by atoms with Gasteiger partial charge in [-0.15, -0.1) is 11.3 Å². The van der Waals surface area contributed by atoms with E-state index < -0.39 is 17.2 Å². The molecule has 0 aliphatic heterocycles. The van der Waals surface area contributed by atoms with Crippen LogP contribution in [0.25, 0.3) is 0 Å². The molecule has 21 heavy (non-hydrogen) atoms. The number of halogens is 4. The minimum absolute atomic E-state index is 0.0643. The molecular weight excluding hydrogens is 323 g/mol. The Morgan fingerprint density at radius 2 is 2.00 bits per heavy atom. The Hall–Kier alpha value is -1.34. The van der Waals surface area contributed by atoms with E-state index in [1.165, 1.54) is 11.3 Å². The third-order valence-electron chi connectivity index (χ3n) is 2.81. The van der Waals surface area contributed by atoms with Gasteiger partial charge in [0.2, 0.25) is 5.28 Å². The molecule has 2 aromatic rings. The maximum atomic E-state index is 12.7. The fourth-order valence-corrected chi connectivity index (χ4v) is 2.96. The fourth-order valence-electron chi connectivity index (χ4n) is 1.83. The van der Waals surface area contributed by atoms with E-state index in [0.717, 1.165) is 10.9 Å². The maximum absolute atomic E-state index is 12.7. The van der Waals surface area contributed by atoms with Gasteiger partial charge in [0.25, 0.3) is 0 Å². The minimum Gasteiger partial charge on any atom is -0.362 e. The van der Waals surface area contributed by atoms with E-state index in [9.17, 15) is 13.2 Å². The highest BCUT2D eigenvalue weighted by Gasteiger charge is 2.34. The van der Waals surface area contributed by atoms with Crippen molar-refractivity contribution in [3.63, 3.8) is 0 Å². The summed E-state index contributed by atoms with van der Waals surface area (Å²) in [6, 6.07) is 4.55. The first-order valence-corrected chi connectivity index (χ1v) is 7.45. The standard InChI is InChI=1S/C13H13ClF3N3S/c1-7(2)11(8-4-3-5-21-8)19-10-6-9(13(15,16)17)18-12(14)20-10/h3-7,11H,1-2H3,(H,18,19,20). The van der Waals surface area contributed by atoms with Crippen molar-refractivity contribution in [1.29, 1.82) is 0 Å². The third-order valence-corrected chi connectivity index (χ3v) is 3.93. The van der Waals surface area contributed by atoms with Crippen LogP contribution in [0.5, 0.6) is 0 Å². The van der Waals surface area contributed by atoms with E-state index in [4.69, 9.17) is 11.6 Å². The van der Waals surface area contributed by atoms with E-state index in [1.54, 1.807) is 0 Å². The number of hydrogen-bond acceptors (Lipinski definition) is 4. The summed E-state index contributed by atoms with van der Waals surface area (Å²) in [7, 11) is 0. The van der Waals surface area contributed by atoms with Gasteiger partial charge in [-0.05, 0) is 29.0 Å². The van der Waals surface area contributed by atoms with Crippen molar-refractivity contribution in [2.24, 2.45) is 5.92 Å². The summed E-state index contributed by atoms with van der Waals surface area (Å²) in [5.74, 6) is 0.237. The van der Waals surface area contributed by atoms with Crippen molar-refractivity contribution in [2.75, 3.05) is 5.32 Å². The average molecular weight is 336 g/mol. The van der Waals surface area contributed by atoms with Crippen molar-refractivity contribution in [1.82, 2.24) is 9.97 Å². The first-order chi connectivity index (χ1) is 9.77. The molecule has 0 spiro atoms. The van der Waals surface area contributed by atoms with E-state index in [2.05, 4.69) is 15.3 Å². The van der Waals surface area contributed by atoms with E-state index >= 15 is 0 Å². The molecular formula is C13H13ClF3N3S. The Labute approximate surface area is 129 Å². The van der Waals surface area contributed by atoms with Crippen LogP contribution in [0.4, 0.5) is 19.0 Å². The lowest BCUT2D eigenvalue weighted by Gasteiger charge is -2.22. The lowest BCUT2D eigenvalue weighted by Crippen LogP contribution is -2.18. The van der Waals surface area contributed by atoms with Crippen molar-refractivity contribution in [2.45, 2.75) is 26.1 Å². The number of thiophene rings is 1. The van der Waals surface area contributed by atoms with Gasteiger partial charge in [0.15, 0.2) is 5.69 Å². The highest BCUT2D eigenvalue weighted by molar-refractivity contribution is 7.10. The second-order valence-corrected chi connectivity index (χ2v) is 6.10. The number of nitrogens with zero attached hydrogens (tertiary/aromatic N) is 2. The monoisotopic (exact) mass is 335 g/mol. The van der Waals surface area contributed by atoms with Gasteiger partial charge in [0.1, 0.15) is 5.82 Å². The van der Waals surface area contributed by atoms with Gasteiger partial charge in [-0.1, -0.05) is 19.9 Å². The lowest BCUT2D eigenvalue weighted by molar-refractivity contribution is -0.141. The molecule has 3 nitrogen and oxygen atoms in total. The molecule has 114 valence electrons. The molecule has 2 heterocycles. The molecule has 1 atom stereocenters. The van der Waals surface area contributed by atoms with Gasteiger partial charge in [-0.3, -0.25) is 0 Å². The Morgan fingerprint density at radius 1 is 1.29 bits per heavy atom. The molecule has 0 aliphatic rings. The van der Waals surface area contributed by atoms with E-state index in [0.29, 0.717) is 0 Å². The highest BCUT2D eigenvalue weighted by Crippen LogP contribution is 2.33. The third kappa shape index (κ3) is 4.07. The van der Waals surface area contributed by atoms with Crippen molar-refractivity contribution >= 4 is 28.8 Å². The zero-order chi connectivity index (χ0) is 15.6. The molecule has 8 heteroatoms. The van der Waals surface area contributed by atoms with Gasteiger partial charge in [0, 0.05) is 10.9 Å². The highest BCUT2D eigenvalue weighted by atomic mass is 35.5. The lowest BCUT2D eigenvalue weighted by atomic mass is 10.0. The molecule has 2 rings (SSSR count). The van der Waals surface area contributed by atoms with Crippen LogP contribution in [0.1, 0.15) is 30.5 Å². The normalized spacial score (nSPS) is 13.5. The van der Waals surface area contributed by atoms with Gasteiger partial charge in [-0.25, -0.2) is 9.97 Å². The number of rotatable bonds is 4. The van der Waals surface area contributed by atoms with Gasteiger partial charge in [-0.2, -0.15) is 13.2 Å². The van der Waals surface area contributed by atoms with Crippen LogP contribution in [0.3, 0.4) is 0 Å². The molecule has 0 aromatic carbocycles. The van der Waals surface area contributed by atoms with Gasteiger partial charge < -0.3 is 5.32 Å². The molecule has 0 saturated carbocycles. The molecule has 0 amide bonds. The molecule has 0 radical (unpaired) electrons. The molecule has 1 N–H and O–H groups in total. The second-order valence-electron chi connectivity index (χ2n) is 4.79. The van der Waals surface area contributed by atoms with Crippen LogP contribution in [-0.2, 0) is 6.18 Å². The van der Waals surface area contributed by atoms with Crippen molar-refractivity contribution in [3.8, 4) is 0 Å². The summed E-state index contributed by atoms with van der Waals surface area (Å²) in [5.41, 5.74) is -1.06. The fraction of sp³-hybridized carbons (Fsp3) is 0.385. The molecule has 0 aliphatic carbocycles. The van der Waals surface area contributed by atoms with Crippen LogP contribution < -0.4 is 5.32 Å². The van der Waals surface area contributed by atoms with Crippen molar-refractivity contribution < 1.29 is 13.2 Å². The van der Waals surface area contributed by atoms with Crippen LogP contribution in [0.2, 0.25) is 5.28 Å². The van der Waals surface area contributed by atoms with Crippen LogP contribution >= 0.6 is 22.9 Å². The van der Waals surface area contributed by atoms with E-state index in [1.807, 2.05) is 31.4 Å². The zero-order valence-electron chi connectivity index (χ0n) is 11.3. The number of aromatic nitrogens is 2. The smallest absolute Gasteiger partial charge is 0.362 e. The summed E-state index contributed by atoms with van der Waals surface area (Å²) < 4.78 is 38.2. The minimum atomic E-state index is -4.56. The topological polar surface area (TPSA) is 37.8 Å². The maximum Gasteiger partial charge on any atom is 0.433 e. The van der Waals surface area contributed by atoms with Crippen LogP contribution in [0.15, 0.2) is 23.6 Å². The Kier molecular flexibility index (Phi) is 4.73. The van der Waals surface area contributed by atoms with Gasteiger partial charge >= 0.3 is 6.18 Å². The molecule has 0 bridgehead atoms. The SMILES string of the molecule is CC(C)C(Nc1cc(C(F)(F)F)nc(Cl)n1)c1cccs1. The predicted octanol–water partition coefficient (Wildman–Crippen LogP) is 5.02. The number of hydrogen-bond donors (Lipinski definition) is 1. The molecule has 0 fully saturated rings. The summed E-state index contributed by atoms with van der Waals surface area (Å²) in [6.07, 6.45) is -4.56. The number of alkyl halides is 3. The summed E-state index contributed by atoms with van der Waals surface area (Å²) in [5, 5.41) is 4.50. The summed E-state index contributed by atoms with van der Waals surface area (Å²) in [6.45, 7) is 3.95. The molecule has 2 aromatic heterocycles. The Balaban J connectivity index is 2.31. The zero-order valence-corrected chi connectivity index (χ0v) is 12.9. The molecule has 0 saturated heterocycles. The molecule has 1 unspecified atom stereocenters. The van der Waals surface area contributed by atoms with Gasteiger partial charge in [0.05, 0.1) is 6.04 Å². The first-order valence-electron chi connectivity index (χ1n) is 6.19. The first kappa shape index (κ1) is 16.0. The van der Waals surface area contributed by atoms with Crippen LogP contribution in [-0.4, -0.2) is 9.97 Å².